The van der Waals surface area contributed by atoms with Crippen LogP contribution < -0.4 is 0 Å². The molecule has 0 atom stereocenters. The third-order valence-electron chi connectivity index (χ3n) is 1.83. The topological polar surface area (TPSA) is 49.7 Å². The van der Waals surface area contributed by atoms with E-state index in [1.165, 1.54) is 11.3 Å². The van der Waals surface area contributed by atoms with Gasteiger partial charge < -0.3 is 5.11 Å². The molecule has 1 aliphatic heterocycles. The molecule has 3 nitrogen and oxygen atoms in total. The summed E-state index contributed by atoms with van der Waals surface area (Å²) in [4.78, 5) is 15.7. The van der Waals surface area contributed by atoms with Crippen molar-refractivity contribution < 1.29 is 9.90 Å². The first-order chi connectivity index (χ1) is 6.79. The van der Waals surface area contributed by atoms with Crippen LogP contribution in [0.4, 0.5) is 0 Å². The van der Waals surface area contributed by atoms with Gasteiger partial charge in [0.2, 0.25) is 0 Å². The number of aromatic carboxylic acids is 1. The van der Waals surface area contributed by atoms with Crippen LogP contribution in [-0.2, 0) is 0 Å². The lowest BCUT2D eigenvalue weighted by Crippen LogP contribution is -1.97. The van der Waals surface area contributed by atoms with E-state index in [9.17, 15) is 4.79 Å². The number of nitrogens with zero attached hydrogens (tertiary/aromatic N) is 1. The minimum atomic E-state index is -0.898. The quantitative estimate of drug-likeness (QED) is 0.765. The molecule has 0 fully saturated rings. The van der Waals surface area contributed by atoms with Gasteiger partial charge in [-0.3, -0.25) is 4.99 Å². The van der Waals surface area contributed by atoms with E-state index in [2.05, 4.69) is 4.99 Å². The summed E-state index contributed by atoms with van der Waals surface area (Å²) in [7, 11) is 0. The van der Waals surface area contributed by atoms with E-state index >= 15 is 0 Å². The van der Waals surface area contributed by atoms with Crippen molar-refractivity contribution in [1.82, 2.24) is 0 Å². The van der Waals surface area contributed by atoms with Crippen molar-refractivity contribution in [3.63, 3.8) is 0 Å². The lowest BCUT2D eigenvalue weighted by atomic mass is 10.1. The van der Waals surface area contributed by atoms with Crippen LogP contribution >= 0.6 is 11.3 Å². The summed E-state index contributed by atoms with van der Waals surface area (Å²) >= 11 is 1.39. The van der Waals surface area contributed by atoms with Gasteiger partial charge in [0.1, 0.15) is 0 Å². The van der Waals surface area contributed by atoms with Crippen LogP contribution in [0.5, 0.6) is 0 Å². The zero-order valence-electron chi connectivity index (χ0n) is 7.18. The van der Waals surface area contributed by atoms with Gasteiger partial charge in [0.25, 0.3) is 0 Å². The van der Waals surface area contributed by atoms with Crippen molar-refractivity contribution in [2.75, 3.05) is 0 Å². The number of carboxylic acids is 1. The molecule has 2 rings (SSSR count). The van der Waals surface area contributed by atoms with Crippen LogP contribution in [0.3, 0.4) is 0 Å². The Kier molecular flexibility index (Phi) is 2.28. The normalized spacial score (nSPS) is 18.0. The maximum absolute atomic E-state index is 10.8. The monoisotopic (exact) mass is 205 g/mol. The highest BCUT2D eigenvalue weighted by atomic mass is 32.1. The van der Waals surface area contributed by atoms with Crippen LogP contribution in [0.2, 0.25) is 0 Å². The molecule has 0 saturated heterocycles. The molecule has 0 radical (unpaired) electrons. The number of aliphatic imine (C=N–C) groups is 1. The van der Waals surface area contributed by atoms with E-state index in [-0.39, 0.29) is 0 Å². The van der Waals surface area contributed by atoms with Crippen LogP contribution in [-0.4, -0.2) is 17.3 Å². The van der Waals surface area contributed by atoms with Gasteiger partial charge >= 0.3 is 5.97 Å². The molecule has 0 amide bonds. The van der Waals surface area contributed by atoms with Crippen LogP contribution in [0.25, 0.3) is 6.08 Å². The summed E-state index contributed by atoms with van der Waals surface area (Å²) in [6.07, 6.45) is 8.68. The summed E-state index contributed by atoms with van der Waals surface area (Å²) in [5.74, 6) is -0.898. The fourth-order valence-electron chi connectivity index (χ4n) is 1.18. The summed E-state index contributed by atoms with van der Waals surface area (Å²) in [5, 5.41) is 10.5. The van der Waals surface area contributed by atoms with Gasteiger partial charge in [0.15, 0.2) is 0 Å². The average Bonchev–Trinajstić information content (AvgIpc) is 2.47. The molecule has 1 aromatic rings. The molecule has 0 saturated carbocycles. The van der Waals surface area contributed by atoms with Crippen molar-refractivity contribution in [3.8, 4) is 0 Å². The summed E-state index contributed by atoms with van der Waals surface area (Å²) in [6, 6.07) is 0. The number of hydrogen-bond acceptors (Lipinski definition) is 3. The Morgan fingerprint density at radius 3 is 3.07 bits per heavy atom. The van der Waals surface area contributed by atoms with Gasteiger partial charge in [0, 0.05) is 23.4 Å². The lowest BCUT2D eigenvalue weighted by molar-refractivity contribution is 0.0697. The molecular formula is C10H7NO2S. The summed E-state index contributed by atoms with van der Waals surface area (Å²) < 4.78 is 0. The van der Waals surface area contributed by atoms with Gasteiger partial charge in [-0.25, -0.2) is 4.79 Å². The van der Waals surface area contributed by atoms with Crippen molar-refractivity contribution in [2.24, 2.45) is 4.99 Å². The van der Waals surface area contributed by atoms with E-state index in [1.807, 2.05) is 0 Å². The first-order valence-electron chi connectivity index (χ1n) is 4.00. The average molecular weight is 205 g/mol. The molecule has 0 bridgehead atoms. The van der Waals surface area contributed by atoms with E-state index in [1.54, 1.807) is 36.0 Å². The van der Waals surface area contributed by atoms with Crippen molar-refractivity contribution in [3.05, 3.63) is 39.7 Å². The Labute approximate surface area is 84.7 Å². The standard InChI is InChI=1S/C10H7NO2S/c12-10(13)8-6-14-9-5-11-4-2-1-3-7(8)9/h1-6H,(H,12,13)/b2-1?,3-1-,4-2-,7-3?,9-5?,11-4?,11-5?. The Morgan fingerprint density at radius 1 is 1.43 bits per heavy atom. The molecule has 2 heterocycles. The third-order valence-corrected chi connectivity index (χ3v) is 2.76. The number of allylic oxidation sites excluding steroid dienone is 2. The molecule has 0 spiro atoms. The molecule has 4 heteroatoms. The van der Waals surface area contributed by atoms with Gasteiger partial charge in [-0.15, -0.1) is 11.3 Å². The van der Waals surface area contributed by atoms with Crippen molar-refractivity contribution in [2.45, 2.75) is 0 Å². The molecule has 1 aliphatic rings. The van der Waals surface area contributed by atoms with Crippen LogP contribution in [0, 0.1) is 0 Å². The van der Waals surface area contributed by atoms with E-state index in [0.29, 0.717) is 5.56 Å². The summed E-state index contributed by atoms with van der Waals surface area (Å²) in [6.45, 7) is 0. The maximum Gasteiger partial charge on any atom is 0.337 e. The van der Waals surface area contributed by atoms with E-state index in [4.69, 9.17) is 5.11 Å². The van der Waals surface area contributed by atoms with E-state index in [0.717, 1.165) is 10.4 Å². The lowest BCUT2D eigenvalue weighted by Gasteiger charge is -1.95. The highest BCUT2D eigenvalue weighted by Crippen LogP contribution is 2.23. The number of carbonyl (C=O) groups is 1. The second-order valence-electron chi connectivity index (χ2n) is 2.71. The van der Waals surface area contributed by atoms with Crippen molar-refractivity contribution in [1.29, 1.82) is 0 Å². The Balaban J connectivity index is 2.57. The number of carboxylic acid groups (broad SMARTS) is 1. The van der Waals surface area contributed by atoms with Gasteiger partial charge in [-0.1, -0.05) is 12.2 Å². The first kappa shape index (κ1) is 8.90. The zero-order valence-corrected chi connectivity index (χ0v) is 7.99. The minimum absolute atomic E-state index is 0.336. The smallest absolute Gasteiger partial charge is 0.337 e. The second-order valence-corrected chi connectivity index (χ2v) is 3.62. The molecular weight excluding hydrogens is 198 g/mol. The predicted octanol–water partition coefficient (Wildman–Crippen LogP) is 2.41. The van der Waals surface area contributed by atoms with Crippen molar-refractivity contribution >= 4 is 29.6 Å². The van der Waals surface area contributed by atoms with Crippen LogP contribution in [0.15, 0.2) is 28.7 Å². The zero-order chi connectivity index (χ0) is 9.97. The van der Waals surface area contributed by atoms with Crippen LogP contribution in [0.1, 0.15) is 20.8 Å². The Hall–Kier alpha value is -1.68. The fourth-order valence-corrected chi connectivity index (χ4v) is 2.08. The first-order valence-corrected chi connectivity index (χ1v) is 4.88. The highest BCUT2D eigenvalue weighted by molar-refractivity contribution is 7.12. The second kappa shape index (κ2) is 3.59. The molecule has 0 unspecified atom stereocenters. The SMILES string of the molecule is O=C(O)c1csc2c1/C=C\C=C/N=C2. The maximum atomic E-state index is 10.8. The molecule has 1 N–H and O–H groups in total. The summed E-state index contributed by atoms with van der Waals surface area (Å²) in [5.41, 5.74) is 1.07. The molecule has 14 heavy (non-hydrogen) atoms. The number of hydrogen-bond donors (Lipinski definition) is 1. The molecule has 0 aliphatic carbocycles. The molecule has 70 valence electrons. The van der Waals surface area contributed by atoms with Gasteiger partial charge in [0.05, 0.1) is 10.4 Å². The number of rotatable bonds is 1. The van der Waals surface area contributed by atoms with Gasteiger partial charge in [-0.05, 0) is 6.08 Å². The molecule has 1 aromatic heterocycles. The Morgan fingerprint density at radius 2 is 2.29 bits per heavy atom. The number of fused-ring (bicyclic) bond motifs is 1. The predicted molar refractivity (Wildman–Crippen MR) is 57.0 cm³/mol. The highest BCUT2D eigenvalue weighted by Gasteiger charge is 2.13. The largest absolute Gasteiger partial charge is 0.478 e. The number of thiophene rings is 1. The fraction of sp³-hybridized carbons (Fsp3) is 0. The van der Waals surface area contributed by atoms with E-state index < -0.39 is 5.97 Å². The van der Waals surface area contributed by atoms with Gasteiger partial charge in [-0.2, -0.15) is 0 Å². The third kappa shape index (κ3) is 1.52. The Bertz CT molecular complexity index is 455. The minimum Gasteiger partial charge on any atom is -0.478 e. The molecule has 0 aromatic carbocycles.